The molecule has 0 aliphatic carbocycles. The van der Waals surface area contributed by atoms with E-state index in [0.717, 1.165) is 17.0 Å². The molecule has 0 bridgehead atoms. The van der Waals surface area contributed by atoms with E-state index in [4.69, 9.17) is 4.74 Å². The van der Waals surface area contributed by atoms with Gasteiger partial charge in [-0.05, 0) is 38.1 Å². The summed E-state index contributed by atoms with van der Waals surface area (Å²) >= 11 is 0. The van der Waals surface area contributed by atoms with Crippen LogP contribution in [0.3, 0.4) is 0 Å². The van der Waals surface area contributed by atoms with Crippen LogP contribution in [-0.4, -0.2) is 32.8 Å². The first-order valence-electron chi connectivity index (χ1n) is 7.84. The maximum atomic E-state index is 12.3. The maximum absolute atomic E-state index is 12.3. The van der Waals surface area contributed by atoms with Crippen LogP contribution in [0.25, 0.3) is 5.82 Å². The fourth-order valence-electron chi connectivity index (χ4n) is 2.53. The number of carbonyl (C=O) groups is 1. The number of aryl methyl sites for hydroxylation is 2. The predicted molar refractivity (Wildman–Crippen MR) is 92.8 cm³/mol. The average Bonchev–Trinajstić information content (AvgIpc) is 2.98. The maximum Gasteiger partial charge on any atom is 0.253 e. The Hall–Kier alpha value is -3.22. The van der Waals surface area contributed by atoms with Gasteiger partial charge in [0.15, 0.2) is 5.82 Å². The van der Waals surface area contributed by atoms with Crippen LogP contribution in [0.1, 0.15) is 27.3 Å². The van der Waals surface area contributed by atoms with Gasteiger partial charge in [0.25, 0.3) is 5.91 Å². The second kappa shape index (κ2) is 7.12. The summed E-state index contributed by atoms with van der Waals surface area (Å²) in [5, 5.41) is 7.23. The smallest absolute Gasteiger partial charge is 0.253 e. The molecule has 1 N–H and O–H groups in total. The summed E-state index contributed by atoms with van der Waals surface area (Å²) in [5.41, 5.74) is 3.20. The third kappa shape index (κ3) is 3.65. The molecule has 0 spiro atoms. The van der Waals surface area contributed by atoms with Crippen molar-refractivity contribution in [1.29, 1.82) is 0 Å². The van der Waals surface area contributed by atoms with Gasteiger partial charge in [0, 0.05) is 30.2 Å². The highest BCUT2D eigenvalue weighted by molar-refractivity contribution is 5.93. The van der Waals surface area contributed by atoms with Gasteiger partial charge < -0.3 is 10.1 Å². The molecule has 3 rings (SSSR count). The molecule has 7 nitrogen and oxygen atoms in total. The normalized spacial score (nSPS) is 10.5. The molecule has 0 saturated heterocycles. The molecule has 0 fully saturated rings. The molecule has 0 aliphatic rings. The van der Waals surface area contributed by atoms with Gasteiger partial charge in [0.05, 0.1) is 18.4 Å². The molecule has 0 radical (unpaired) electrons. The number of ether oxygens (including phenoxy) is 1. The molecule has 3 heterocycles. The van der Waals surface area contributed by atoms with Gasteiger partial charge in [-0.1, -0.05) is 6.07 Å². The summed E-state index contributed by atoms with van der Waals surface area (Å²) in [6, 6.07) is 9.14. The summed E-state index contributed by atoms with van der Waals surface area (Å²) in [6.07, 6.45) is 3.19. The number of carbonyl (C=O) groups excluding carboxylic acids is 1. The zero-order valence-electron chi connectivity index (χ0n) is 14.4. The SMILES string of the molecule is COc1ncccc1CNC(=O)c1ccc(-n2nc(C)cc2C)nc1. The molecule has 0 aliphatic heterocycles. The van der Waals surface area contributed by atoms with E-state index in [0.29, 0.717) is 23.8 Å². The van der Waals surface area contributed by atoms with Crippen molar-refractivity contribution < 1.29 is 9.53 Å². The lowest BCUT2D eigenvalue weighted by molar-refractivity contribution is 0.0950. The Bertz CT molecular complexity index is 887. The van der Waals surface area contributed by atoms with Gasteiger partial charge in [-0.2, -0.15) is 5.10 Å². The molecular formula is C18H19N5O2. The number of nitrogens with one attached hydrogen (secondary N) is 1. The van der Waals surface area contributed by atoms with Crippen molar-refractivity contribution in [2.24, 2.45) is 0 Å². The van der Waals surface area contributed by atoms with E-state index in [1.807, 2.05) is 26.0 Å². The Labute approximate surface area is 145 Å². The number of methoxy groups -OCH3 is 1. The van der Waals surface area contributed by atoms with E-state index in [9.17, 15) is 4.79 Å². The monoisotopic (exact) mass is 337 g/mol. The molecule has 7 heteroatoms. The molecule has 0 saturated carbocycles. The van der Waals surface area contributed by atoms with Gasteiger partial charge in [-0.25, -0.2) is 14.6 Å². The minimum absolute atomic E-state index is 0.210. The van der Waals surface area contributed by atoms with Gasteiger partial charge in [0.2, 0.25) is 5.88 Å². The van der Waals surface area contributed by atoms with Crippen molar-refractivity contribution in [3.8, 4) is 11.7 Å². The molecule has 128 valence electrons. The minimum atomic E-state index is -0.210. The Kier molecular flexibility index (Phi) is 4.74. The first-order valence-corrected chi connectivity index (χ1v) is 7.84. The summed E-state index contributed by atoms with van der Waals surface area (Å²) in [4.78, 5) is 20.7. The zero-order chi connectivity index (χ0) is 17.8. The number of aromatic nitrogens is 4. The Morgan fingerprint density at radius 2 is 2.08 bits per heavy atom. The quantitative estimate of drug-likeness (QED) is 0.772. The Morgan fingerprint density at radius 1 is 1.24 bits per heavy atom. The zero-order valence-corrected chi connectivity index (χ0v) is 14.4. The summed E-state index contributed by atoms with van der Waals surface area (Å²) < 4.78 is 6.92. The van der Waals surface area contributed by atoms with E-state index in [1.165, 1.54) is 0 Å². The first-order chi connectivity index (χ1) is 12.1. The number of amides is 1. The summed E-state index contributed by atoms with van der Waals surface area (Å²) in [6.45, 7) is 4.22. The third-order valence-electron chi connectivity index (χ3n) is 3.72. The number of hydrogen-bond acceptors (Lipinski definition) is 5. The highest BCUT2D eigenvalue weighted by Gasteiger charge is 2.10. The lowest BCUT2D eigenvalue weighted by atomic mass is 10.2. The third-order valence-corrected chi connectivity index (χ3v) is 3.72. The number of rotatable bonds is 5. The standard InChI is InChI=1S/C18H19N5O2/c1-12-9-13(2)23(22-12)16-7-6-14(10-20-16)17(24)21-11-15-5-4-8-19-18(15)25-3/h4-10H,11H2,1-3H3,(H,21,24). The number of hydrogen-bond donors (Lipinski definition) is 1. The van der Waals surface area contributed by atoms with Gasteiger partial charge >= 0.3 is 0 Å². The van der Waals surface area contributed by atoms with E-state index in [1.54, 1.807) is 42.4 Å². The second-order valence-corrected chi connectivity index (χ2v) is 5.60. The van der Waals surface area contributed by atoms with Crippen molar-refractivity contribution in [2.75, 3.05) is 7.11 Å². The Morgan fingerprint density at radius 3 is 2.72 bits per heavy atom. The van der Waals surface area contributed by atoms with Crippen molar-refractivity contribution in [1.82, 2.24) is 25.1 Å². The van der Waals surface area contributed by atoms with Crippen LogP contribution in [0.2, 0.25) is 0 Å². The molecule has 3 aromatic rings. The first kappa shape index (κ1) is 16.6. The van der Waals surface area contributed by atoms with Crippen LogP contribution in [0.15, 0.2) is 42.7 Å². The second-order valence-electron chi connectivity index (χ2n) is 5.60. The number of pyridine rings is 2. The highest BCUT2D eigenvalue weighted by atomic mass is 16.5. The lowest BCUT2D eigenvalue weighted by Crippen LogP contribution is -2.23. The highest BCUT2D eigenvalue weighted by Crippen LogP contribution is 2.14. The average molecular weight is 337 g/mol. The van der Waals surface area contributed by atoms with Crippen LogP contribution < -0.4 is 10.1 Å². The van der Waals surface area contributed by atoms with Crippen LogP contribution in [0.4, 0.5) is 0 Å². The lowest BCUT2D eigenvalue weighted by Gasteiger charge is -2.09. The molecule has 3 aromatic heterocycles. The fraction of sp³-hybridized carbons (Fsp3) is 0.222. The molecule has 0 atom stereocenters. The van der Waals surface area contributed by atoms with E-state index in [-0.39, 0.29) is 5.91 Å². The largest absolute Gasteiger partial charge is 0.481 e. The Balaban J connectivity index is 1.70. The summed E-state index contributed by atoms with van der Waals surface area (Å²) in [7, 11) is 1.55. The van der Waals surface area contributed by atoms with Gasteiger partial charge in [0.1, 0.15) is 0 Å². The van der Waals surface area contributed by atoms with Crippen LogP contribution in [0, 0.1) is 13.8 Å². The van der Waals surface area contributed by atoms with Crippen LogP contribution in [-0.2, 0) is 6.54 Å². The topological polar surface area (TPSA) is 81.9 Å². The van der Waals surface area contributed by atoms with Crippen LogP contribution >= 0.6 is 0 Å². The van der Waals surface area contributed by atoms with Gasteiger partial charge in [-0.15, -0.1) is 0 Å². The van der Waals surface area contributed by atoms with E-state index >= 15 is 0 Å². The van der Waals surface area contributed by atoms with Crippen molar-refractivity contribution in [2.45, 2.75) is 20.4 Å². The molecule has 25 heavy (non-hydrogen) atoms. The number of nitrogens with zero attached hydrogens (tertiary/aromatic N) is 4. The van der Waals surface area contributed by atoms with E-state index < -0.39 is 0 Å². The molecular weight excluding hydrogens is 318 g/mol. The predicted octanol–water partition coefficient (Wildman–Crippen LogP) is 2.22. The minimum Gasteiger partial charge on any atom is -0.481 e. The van der Waals surface area contributed by atoms with Crippen molar-refractivity contribution in [3.05, 3.63) is 65.2 Å². The fourth-order valence-corrected chi connectivity index (χ4v) is 2.53. The van der Waals surface area contributed by atoms with Gasteiger partial charge in [-0.3, -0.25) is 4.79 Å². The van der Waals surface area contributed by atoms with Crippen molar-refractivity contribution in [3.63, 3.8) is 0 Å². The molecule has 0 aromatic carbocycles. The molecule has 1 amide bonds. The van der Waals surface area contributed by atoms with Crippen LogP contribution in [0.5, 0.6) is 5.88 Å². The molecule has 0 unspecified atom stereocenters. The van der Waals surface area contributed by atoms with Crippen molar-refractivity contribution >= 4 is 5.91 Å². The summed E-state index contributed by atoms with van der Waals surface area (Å²) in [5.74, 6) is 0.968. The van der Waals surface area contributed by atoms with E-state index in [2.05, 4.69) is 20.4 Å².